The van der Waals surface area contributed by atoms with E-state index in [-0.39, 0.29) is 5.60 Å². The van der Waals surface area contributed by atoms with Crippen molar-refractivity contribution >= 4 is 0 Å². The van der Waals surface area contributed by atoms with Crippen molar-refractivity contribution in [1.29, 1.82) is 0 Å². The minimum Gasteiger partial charge on any atom is -0.366 e. The lowest BCUT2D eigenvalue weighted by molar-refractivity contribution is -0.0778. The summed E-state index contributed by atoms with van der Waals surface area (Å²) in [6, 6.07) is 1.93. The van der Waals surface area contributed by atoms with Gasteiger partial charge in [-0.25, -0.2) is 0 Å². The van der Waals surface area contributed by atoms with Crippen LogP contribution in [0.4, 0.5) is 0 Å². The van der Waals surface area contributed by atoms with Crippen LogP contribution in [0.1, 0.15) is 12.6 Å². The molecule has 66 valence electrons. The minimum atomic E-state index is 0.0328. The first-order valence-electron chi connectivity index (χ1n) is 4.11. The van der Waals surface area contributed by atoms with Crippen LogP contribution in [-0.4, -0.2) is 28.9 Å². The molecule has 0 aliphatic carbocycles. The highest BCUT2D eigenvalue weighted by Crippen LogP contribution is 2.16. The van der Waals surface area contributed by atoms with Gasteiger partial charge in [0.2, 0.25) is 0 Å². The molecule has 1 saturated heterocycles. The van der Waals surface area contributed by atoms with Crippen LogP contribution in [0, 0.1) is 0 Å². The van der Waals surface area contributed by atoms with Crippen molar-refractivity contribution in [3.05, 3.63) is 18.0 Å². The quantitative estimate of drug-likeness (QED) is 0.680. The summed E-state index contributed by atoms with van der Waals surface area (Å²) in [5.41, 5.74) is 1.06. The van der Waals surface area contributed by atoms with Gasteiger partial charge in [-0.2, -0.15) is 5.10 Å². The van der Waals surface area contributed by atoms with Crippen molar-refractivity contribution in [2.75, 3.05) is 13.1 Å². The number of nitrogens with zero attached hydrogens (tertiary/aromatic N) is 1. The van der Waals surface area contributed by atoms with Gasteiger partial charge < -0.3 is 10.1 Å². The van der Waals surface area contributed by atoms with Gasteiger partial charge in [0.25, 0.3) is 0 Å². The second-order valence-corrected chi connectivity index (χ2v) is 3.42. The van der Waals surface area contributed by atoms with Gasteiger partial charge in [-0.1, -0.05) is 0 Å². The van der Waals surface area contributed by atoms with Gasteiger partial charge in [-0.05, 0) is 13.0 Å². The fourth-order valence-electron chi connectivity index (χ4n) is 1.20. The molecule has 2 N–H and O–H groups in total. The number of aromatic amines is 1. The molecule has 4 nitrogen and oxygen atoms in total. The maximum absolute atomic E-state index is 5.68. The van der Waals surface area contributed by atoms with Gasteiger partial charge in [0, 0.05) is 19.3 Å². The van der Waals surface area contributed by atoms with Crippen LogP contribution in [0.25, 0.3) is 0 Å². The molecule has 0 saturated carbocycles. The lowest BCUT2D eigenvalue weighted by Crippen LogP contribution is -2.58. The first kappa shape index (κ1) is 7.76. The molecule has 0 bridgehead atoms. The molecule has 1 aromatic rings. The highest BCUT2D eigenvalue weighted by molar-refractivity contribution is 4.97. The van der Waals surface area contributed by atoms with Crippen molar-refractivity contribution in [3.63, 3.8) is 0 Å². The number of rotatable bonds is 3. The molecule has 1 aliphatic rings. The molecule has 1 aromatic heterocycles. The van der Waals surface area contributed by atoms with Gasteiger partial charge >= 0.3 is 0 Å². The van der Waals surface area contributed by atoms with Gasteiger partial charge in [-0.3, -0.25) is 5.10 Å². The summed E-state index contributed by atoms with van der Waals surface area (Å²) in [7, 11) is 0. The summed E-state index contributed by atoms with van der Waals surface area (Å²) in [6.45, 7) is 4.63. The van der Waals surface area contributed by atoms with Crippen LogP contribution in [0.5, 0.6) is 0 Å². The molecule has 2 rings (SSSR count). The Hall–Kier alpha value is -0.870. The fraction of sp³-hybridized carbons (Fsp3) is 0.625. The van der Waals surface area contributed by atoms with Gasteiger partial charge in [0.05, 0.1) is 17.9 Å². The third kappa shape index (κ3) is 1.49. The van der Waals surface area contributed by atoms with E-state index < -0.39 is 0 Å². The van der Waals surface area contributed by atoms with Crippen molar-refractivity contribution in [3.8, 4) is 0 Å². The smallest absolute Gasteiger partial charge is 0.0907 e. The molecule has 1 fully saturated rings. The van der Waals surface area contributed by atoms with Crippen LogP contribution in [0.3, 0.4) is 0 Å². The second-order valence-electron chi connectivity index (χ2n) is 3.42. The summed E-state index contributed by atoms with van der Waals surface area (Å²) in [6.07, 6.45) is 1.74. The van der Waals surface area contributed by atoms with E-state index in [4.69, 9.17) is 4.74 Å². The predicted octanol–water partition coefficient (Wildman–Crippen LogP) is 0.288. The maximum atomic E-state index is 5.68. The Balaban J connectivity index is 1.82. The lowest BCUT2D eigenvalue weighted by Gasteiger charge is -2.38. The van der Waals surface area contributed by atoms with Crippen LogP contribution in [-0.2, 0) is 11.3 Å². The molecule has 0 spiro atoms. The normalized spacial score (nSPS) is 20.4. The van der Waals surface area contributed by atoms with Crippen LogP contribution < -0.4 is 5.32 Å². The molecular formula is C8H13N3O. The van der Waals surface area contributed by atoms with Gasteiger partial charge in [-0.15, -0.1) is 0 Å². The van der Waals surface area contributed by atoms with E-state index >= 15 is 0 Å². The first-order chi connectivity index (χ1) is 5.79. The summed E-state index contributed by atoms with van der Waals surface area (Å²) in [4.78, 5) is 0. The van der Waals surface area contributed by atoms with Crippen LogP contribution >= 0.6 is 0 Å². The number of hydrogen-bond donors (Lipinski definition) is 2. The predicted molar refractivity (Wildman–Crippen MR) is 44.7 cm³/mol. The highest BCUT2D eigenvalue weighted by atomic mass is 16.5. The first-order valence-corrected chi connectivity index (χ1v) is 4.11. The van der Waals surface area contributed by atoms with E-state index in [1.807, 2.05) is 6.07 Å². The summed E-state index contributed by atoms with van der Waals surface area (Å²) in [5, 5.41) is 9.89. The van der Waals surface area contributed by atoms with Crippen LogP contribution in [0.15, 0.2) is 12.3 Å². The third-order valence-corrected chi connectivity index (χ3v) is 2.13. The van der Waals surface area contributed by atoms with E-state index in [2.05, 4.69) is 22.4 Å². The third-order valence-electron chi connectivity index (χ3n) is 2.13. The van der Waals surface area contributed by atoms with E-state index in [9.17, 15) is 0 Å². The molecule has 4 heteroatoms. The zero-order chi connectivity index (χ0) is 8.44. The van der Waals surface area contributed by atoms with E-state index in [0.717, 1.165) is 18.8 Å². The van der Waals surface area contributed by atoms with Gasteiger partial charge in [0.1, 0.15) is 0 Å². The molecule has 1 aliphatic heterocycles. The van der Waals surface area contributed by atoms with E-state index in [1.54, 1.807) is 6.20 Å². The number of aromatic nitrogens is 2. The average Bonchev–Trinajstić information content (AvgIpc) is 2.49. The maximum Gasteiger partial charge on any atom is 0.0907 e. The Bertz CT molecular complexity index is 241. The summed E-state index contributed by atoms with van der Waals surface area (Å²) < 4.78 is 5.68. The zero-order valence-corrected chi connectivity index (χ0v) is 7.13. The molecular weight excluding hydrogens is 154 g/mol. The number of hydrogen-bond acceptors (Lipinski definition) is 3. The van der Waals surface area contributed by atoms with Crippen molar-refractivity contribution < 1.29 is 4.74 Å². The highest BCUT2D eigenvalue weighted by Gasteiger charge is 2.32. The monoisotopic (exact) mass is 167 g/mol. The Morgan fingerprint density at radius 3 is 3.00 bits per heavy atom. The van der Waals surface area contributed by atoms with Crippen LogP contribution in [0.2, 0.25) is 0 Å². The number of H-pyrrole nitrogens is 1. The zero-order valence-electron chi connectivity index (χ0n) is 7.13. The lowest BCUT2D eigenvalue weighted by atomic mass is 10.0. The average molecular weight is 167 g/mol. The standard InChI is InChI=1S/C8H13N3O/c1-8(5-9-6-8)12-4-7-2-3-10-11-7/h2-3,9H,4-6H2,1H3,(H,10,11). The molecule has 0 unspecified atom stereocenters. The summed E-state index contributed by atoms with van der Waals surface area (Å²) >= 11 is 0. The van der Waals surface area contributed by atoms with E-state index in [0.29, 0.717) is 6.61 Å². The Kier molecular flexibility index (Phi) is 1.86. The van der Waals surface area contributed by atoms with Gasteiger partial charge in [0.15, 0.2) is 0 Å². The molecule has 0 radical (unpaired) electrons. The molecule has 0 atom stereocenters. The van der Waals surface area contributed by atoms with E-state index in [1.165, 1.54) is 0 Å². The fourth-order valence-corrected chi connectivity index (χ4v) is 1.20. The Morgan fingerprint density at radius 1 is 1.67 bits per heavy atom. The SMILES string of the molecule is CC1(OCc2ccn[nH]2)CNC1. The largest absolute Gasteiger partial charge is 0.366 e. The number of nitrogens with one attached hydrogen (secondary N) is 2. The van der Waals surface area contributed by atoms with Crippen molar-refractivity contribution in [2.24, 2.45) is 0 Å². The molecule has 2 heterocycles. The topological polar surface area (TPSA) is 49.9 Å². The molecule has 12 heavy (non-hydrogen) atoms. The second kappa shape index (κ2) is 2.88. The van der Waals surface area contributed by atoms with Crippen molar-refractivity contribution in [1.82, 2.24) is 15.5 Å². The van der Waals surface area contributed by atoms with Crippen molar-refractivity contribution in [2.45, 2.75) is 19.1 Å². The Morgan fingerprint density at radius 2 is 2.50 bits per heavy atom. The summed E-state index contributed by atoms with van der Waals surface area (Å²) in [5.74, 6) is 0. The minimum absolute atomic E-state index is 0.0328. The molecule has 0 aromatic carbocycles. The molecule has 0 amide bonds. The number of ether oxygens (including phenoxy) is 1. The Labute approximate surface area is 71.3 Å².